The van der Waals surface area contributed by atoms with E-state index >= 15 is 0 Å². The third kappa shape index (κ3) is 6.96. The first-order chi connectivity index (χ1) is 6.76. The molecule has 4 heteroatoms. The maximum atomic E-state index is 11.2. The van der Waals surface area contributed by atoms with Crippen molar-refractivity contribution in [1.29, 1.82) is 0 Å². The summed E-state index contributed by atoms with van der Waals surface area (Å²) in [7, 11) is 0. The number of hydrogen-bond acceptors (Lipinski definition) is 3. The summed E-state index contributed by atoms with van der Waals surface area (Å²) in [5.41, 5.74) is -0.515. The number of ether oxygens (including phenoxy) is 1. The molecule has 0 aromatic rings. The standard InChI is InChI=1S/C11H21NO3/c1-6-8(2)9(13)7-12-10(14)15-11(3,4)5/h6,8-9,13H,1,7H2,2-5H3,(H,12,14)/t8-,9-/m1/s1. The average Bonchev–Trinajstić information content (AvgIpc) is 2.10. The van der Waals surface area contributed by atoms with Gasteiger partial charge in [-0.2, -0.15) is 0 Å². The number of aliphatic hydroxyl groups excluding tert-OH is 1. The van der Waals surface area contributed by atoms with Gasteiger partial charge in [0.2, 0.25) is 0 Å². The van der Waals surface area contributed by atoms with Gasteiger partial charge in [-0.3, -0.25) is 0 Å². The van der Waals surface area contributed by atoms with Crippen molar-refractivity contribution < 1.29 is 14.6 Å². The average molecular weight is 215 g/mol. The van der Waals surface area contributed by atoms with Crippen molar-refractivity contribution in [2.75, 3.05) is 6.54 Å². The number of carbonyl (C=O) groups excluding carboxylic acids is 1. The van der Waals surface area contributed by atoms with E-state index in [1.165, 1.54) is 0 Å². The molecule has 1 amide bonds. The zero-order valence-corrected chi connectivity index (χ0v) is 9.91. The van der Waals surface area contributed by atoms with Gasteiger partial charge in [-0.05, 0) is 20.8 Å². The molecule has 0 unspecified atom stereocenters. The quantitative estimate of drug-likeness (QED) is 0.702. The Kier molecular flexibility index (Phi) is 5.36. The summed E-state index contributed by atoms with van der Waals surface area (Å²) in [6, 6.07) is 0. The normalized spacial score (nSPS) is 15.3. The van der Waals surface area contributed by atoms with Gasteiger partial charge in [-0.1, -0.05) is 13.0 Å². The molecule has 4 nitrogen and oxygen atoms in total. The molecule has 0 aromatic heterocycles. The smallest absolute Gasteiger partial charge is 0.407 e. The molecule has 0 saturated heterocycles. The van der Waals surface area contributed by atoms with Crippen molar-refractivity contribution in [1.82, 2.24) is 5.32 Å². The van der Waals surface area contributed by atoms with Crippen LogP contribution in [-0.2, 0) is 4.74 Å². The van der Waals surface area contributed by atoms with Crippen LogP contribution in [0.2, 0.25) is 0 Å². The molecule has 0 aromatic carbocycles. The highest BCUT2D eigenvalue weighted by molar-refractivity contribution is 5.67. The Balaban J connectivity index is 3.86. The van der Waals surface area contributed by atoms with Crippen molar-refractivity contribution in [3.05, 3.63) is 12.7 Å². The van der Waals surface area contributed by atoms with E-state index in [9.17, 15) is 9.90 Å². The first-order valence-corrected chi connectivity index (χ1v) is 5.03. The molecule has 0 heterocycles. The van der Waals surface area contributed by atoms with Crippen LogP contribution in [0.3, 0.4) is 0 Å². The number of amides is 1. The van der Waals surface area contributed by atoms with E-state index in [1.807, 2.05) is 6.92 Å². The second-order valence-electron chi connectivity index (χ2n) is 4.54. The molecule has 0 radical (unpaired) electrons. The van der Waals surface area contributed by atoms with E-state index in [2.05, 4.69) is 11.9 Å². The lowest BCUT2D eigenvalue weighted by molar-refractivity contribution is 0.0476. The lowest BCUT2D eigenvalue weighted by Gasteiger charge is -2.21. The van der Waals surface area contributed by atoms with E-state index in [-0.39, 0.29) is 12.5 Å². The van der Waals surface area contributed by atoms with Crippen LogP contribution in [0.15, 0.2) is 12.7 Å². The van der Waals surface area contributed by atoms with Crippen LogP contribution < -0.4 is 5.32 Å². The number of nitrogens with one attached hydrogen (secondary N) is 1. The number of aliphatic hydroxyl groups is 1. The highest BCUT2D eigenvalue weighted by Crippen LogP contribution is 2.07. The molecule has 2 atom stereocenters. The lowest BCUT2D eigenvalue weighted by Crippen LogP contribution is -2.38. The van der Waals surface area contributed by atoms with Gasteiger partial charge in [0.1, 0.15) is 5.60 Å². The Bertz CT molecular complexity index is 220. The summed E-state index contributed by atoms with van der Waals surface area (Å²) in [4.78, 5) is 11.2. The molecule has 0 spiro atoms. The Hall–Kier alpha value is -1.03. The maximum Gasteiger partial charge on any atom is 0.407 e. The highest BCUT2D eigenvalue weighted by atomic mass is 16.6. The summed E-state index contributed by atoms with van der Waals surface area (Å²) < 4.78 is 5.01. The molecular weight excluding hydrogens is 194 g/mol. The summed E-state index contributed by atoms with van der Waals surface area (Å²) in [5, 5.41) is 12.0. The monoisotopic (exact) mass is 215 g/mol. The fraction of sp³-hybridized carbons (Fsp3) is 0.727. The first-order valence-electron chi connectivity index (χ1n) is 5.03. The minimum absolute atomic E-state index is 0.0556. The van der Waals surface area contributed by atoms with Crippen molar-refractivity contribution in [3.8, 4) is 0 Å². The van der Waals surface area contributed by atoms with Crippen molar-refractivity contribution in [3.63, 3.8) is 0 Å². The minimum Gasteiger partial charge on any atom is -0.444 e. The summed E-state index contributed by atoms with van der Waals surface area (Å²) in [6.07, 6.45) is 0.495. The molecule has 88 valence electrons. The SMILES string of the molecule is C=C[C@@H](C)[C@H](O)CNC(=O)OC(C)(C)C. The molecule has 0 aliphatic heterocycles. The van der Waals surface area contributed by atoms with Crippen LogP contribution in [0.4, 0.5) is 4.79 Å². The summed E-state index contributed by atoms with van der Waals surface area (Å²) in [5.74, 6) is -0.0556. The fourth-order valence-corrected chi connectivity index (χ4v) is 0.845. The van der Waals surface area contributed by atoms with Crippen LogP contribution in [0.5, 0.6) is 0 Å². The van der Waals surface area contributed by atoms with Gasteiger partial charge in [-0.15, -0.1) is 6.58 Å². The second kappa shape index (κ2) is 5.75. The second-order valence-corrected chi connectivity index (χ2v) is 4.54. The van der Waals surface area contributed by atoms with Crippen LogP contribution in [-0.4, -0.2) is 29.4 Å². The van der Waals surface area contributed by atoms with E-state index in [4.69, 9.17) is 4.74 Å². The zero-order chi connectivity index (χ0) is 12.1. The molecule has 0 aliphatic rings. The highest BCUT2D eigenvalue weighted by Gasteiger charge is 2.17. The van der Waals surface area contributed by atoms with E-state index in [1.54, 1.807) is 26.8 Å². The molecule has 0 saturated carbocycles. The number of rotatable bonds is 4. The third-order valence-electron chi connectivity index (χ3n) is 1.83. The number of carbonyl (C=O) groups is 1. The largest absolute Gasteiger partial charge is 0.444 e. The molecule has 0 fully saturated rings. The van der Waals surface area contributed by atoms with Gasteiger partial charge in [0.25, 0.3) is 0 Å². The van der Waals surface area contributed by atoms with E-state index in [0.717, 1.165) is 0 Å². The molecule has 0 aliphatic carbocycles. The van der Waals surface area contributed by atoms with E-state index < -0.39 is 17.8 Å². The Morgan fingerprint density at radius 2 is 2.13 bits per heavy atom. The Morgan fingerprint density at radius 1 is 1.60 bits per heavy atom. The zero-order valence-electron chi connectivity index (χ0n) is 9.91. The van der Waals surface area contributed by atoms with Crippen molar-refractivity contribution >= 4 is 6.09 Å². The molecule has 2 N–H and O–H groups in total. The topological polar surface area (TPSA) is 58.6 Å². The molecule has 0 rings (SSSR count). The molecular formula is C11H21NO3. The maximum absolute atomic E-state index is 11.2. The predicted molar refractivity (Wildman–Crippen MR) is 59.6 cm³/mol. The summed E-state index contributed by atoms with van der Waals surface area (Å²) >= 11 is 0. The van der Waals surface area contributed by atoms with Crippen LogP contribution in [0.25, 0.3) is 0 Å². The van der Waals surface area contributed by atoms with Gasteiger partial charge in [0.15, 0.2) is 0 Å². The Labute approximate surface area is 91.3 Å². The lowest BCUT2D eigenvalue weighted by atomic mass is 10.1. The predicted octanol–water partition coefficient (Wildman–Crippen LogP) is 1.69. The van der Waals surface area contributed by atoms with Gasteiger partial charge < -0.3 is 15.2 Å². The van der Waals surface area contributed by atoms with Crippen LogP contribution >= 0.6 is 0 Å². The first kappa shape index (κ1) is 14.0. The number of hydrogen-bond donors (Lipinski definition) is 2. The Morgan fingerprint density at radius 3 is 2.53 bits per heavy atom. The third-order valence-corrected chi connectivity index (χ3v) is 1.83. The summed E-state index contributed by atoms with van der Waals surface area (Å²) in [6.45, 7) is 10.9. The minimum atomic E-state index is -0.630. The van der Waals surface area contributed by atoms with Gasteiger partial charge in [0.05, 0.1) is 6.10 Å². The van der Waals surface area contributed by atoms with Gasteiger partial charge in [0, 0.05) is 12.5 Å². The van der Waals surface area contributed by atoms with Gasteiger partial charge in [-0.25, -0.2) is 4.79 Å². The van der Waals surface area contributed by atoms with Crippen LogP contribution in [0, 0.1) is 5.92 Å². The fourth-order valence-electron chi connectivity index (χ4n) is 0.845. The molecule has 15 heavy (non-hydrogen) atoms. The number of alkyl carbamates (subject to hydrolysis) is 1. The van der Waals surface area contributed by atoms with Gasteiger partial charge >= 0.3 is 6.09 Å². The van der Waals surface area contributed by atoms with Crippen molar-refractivity contribution in [2.24, 2.45) is 5.92 Å². The van der Waals surface area contributed by atoms with E-state index in [0.29, 0.717) is 0 Å². The molecule has 0 bridgehead atoms. The van der Waals surface area contributed by atoms with Crippen molar-refractivity contribution in [2.45, 2.75) is 39.4 Å². The van der Waals surface area contributed by atoms with Crippen LogP contribution in [0.1, 0.15) is 27.7 Å².